The molecular formula is C36H65NO13. The van der Waals surface area contributed by atoms with Crippen molar-refractivity contribution in [3.05, 3.63) is 0 Å². The number of cyclic esters (lactones) is 1. The number of carbonyl (C=O) groups excluding carboxylic acids is 2. The van der Waals surface area contributed by atoms with Gasteiger partial charge in [-0.05, 0) is 73.3 Å². The Labute approximate surface area is 297 Å². The highest BCUT2D eigenvalue weighted by Crippen LogP contribution is 2.41. The summed E-state index contributed by atoms with van der Waals surface area (Å²) in [6, 6.07) is 0. The molecule has 3 aliphatic rings. The van der Waals surface area contributed by atoms with Crippen LogP contribution in [0.2, 0.25) is 0 Å². The Morgan fingerprint density at radius 3 is 2.08 bits per heavy atom. The van der Waals surface area contributed by atoms with Crippen LogP contribution in [0.15, 0.2) is 0 Å². The van der Waals surface area contributed by atoms with Crippen LogP contribution in [0.25, 0.3) is 0 Å². The van der Waals surface area contributed by atoms with E-state index in [1.807, 2.05) is 13.8 Å². The van der Waals surface area contributed by atoms with Gasteiger partial charge in [0.05, 0.1) is 47.6 Å². The van der Waals surface area contributed by atoms with E-state index in [1.54, 1.807) is 34.6 Å². The molecule has 50 heavy (non-hydrogen) atoms. The molecule has 0 amide bonds. The van der Waals surface area contributed by atoms with Crippen molar-refractivity contribution in [1.29, 1.82) is 0 Å². The standard InChI is InChI=1S/C36H65NO13/c1-17-14-19(3)46-33(27(17)39)50-31-21(5)28(49-25-16-35(9,45-11)30(41)23(7)47-25)22(6)32(42)48-24(12-13-37)36(10,44)29(40)20(4)26(38)18(2)15-34(31,8)43/h17-25,27-31,33,39-41,43-44H,12-16,37H2,1-11H3/t17?,18-,19?,20+,21+,22?,23?,24-,25?,27?,28?,29?,30?,31?,33?,34?,35?,36?/m1/s1. The Hall–Kier alpha value is -1.30. The molecule has 0 saturated carbocycles. The van der Waals surface area contributed by atoms with E-state index in [-0.39, 0.29) is 37.8 Å². The number of hydrogen-bond donors (Lipinski definition) is 6. The lowest BCUT2D eigenvalue weighted by Gasteiger charge is -2.48. The average molecular weight is 720 g/mol. The van der Waals surface area contributed by atoms with E-state index in [9.17, 15) is 35.1 Å². The minimum atomic E-state index is -2.07. The highest BCUT2D eigenvalue weighted by atomic mass is 16.7. The molecule has 3 fully saturated rings. The lowest BCUT2D eigenvalue weighted by molar-refractivity contribution is -0.317. The highest BCUT2D eigenvalue weighted by Gasteiger charge is 2.53. The van der Waals surface area contributed by atoms with Crippen LogP contribution in [0.4, 0.5) is 0 Å². The van der Waals surface area contributed by atoms with Crippen molar-refractivity contribution in [3.8, 4) is 0 Å². The van der Waals surface area contributed by atoms with E-state index in [0.717, 1.165) is 0 Å². The molecule has 14 heteroatoms. The summed E-state index contributed by atoms with van der Waals surface area (Å²) in [4.78, 5) is 27.9. The number of aliphatic hydroxyl groups is 5. The van der Waals surface area contributed by atoms with Gasteiger partial charge in [-0.15, -0.1) is 0 Å². The lowest BCUT2D eigenvalue weighted by atomic mass is 9.74. The molecule has 14 nitrogen and oxygen atoms in total. The van der Waals surface area contributed by atoms with Crippen molar-refractivity contribution in [2.45, 2.75) is 173 Å². The number of hydrogen-bond acceptors (Lipinski definition) is 14. The third kappa shape index (κ3) is 9.25. The van der Waals surface area contributed by atoms with Crippen LogP contribution in [-0.2, 0) is 38.0 Å². The van der Waals surface area contributed by atoms with Gasteiger partial charge in [0.2, 0.25) is 0 Å². The average Bonchev–Trinajstić information content (AvgIpc) is 3.04. The summed E-state index contributed by atoms with van der Waals surface area (Å²) in [5.74, 6) is -5.30. The topological polar surface area (TPSA) is 217 Å². The van der Waals surface area contributed by atoms with Crippen LogP contribution in [0.5, 0.6) is 0 Å². The van der Waals surface area contributed by atoms with Crippen molar-refractivity contribution in [2.75, 3.05) is 13.7 Å². The Morgan fingerprint density at radius 1 is 0.880 bits per heavy atom. The number of carbonyl (C=O) groups is 2. The van der Waals surface area contributed by atoms with Gasteiger partial charge in [0.1, 0.15) is 29.7 Å². The molecule has 3 aliphatic heterocycles. The first kappa shape index (κ1) is 43.1. The maximum Gasteiger partial charge on any atom is 0.311 e. The monoisotopic (exact) mass is 719 g/mol. The minimum absolute atomic E-state index is 0.00926. The number of rotatable bonds is 7. The largest absolute Gasteiger partial charge is 0.459 e. The minimum Gasteiger partial charge on any atom is -0.459 e. The van der Waals surface area contributed by atoms with Gasteiger partial charge in [-0.1, -0.05) is 27.7 Å². The van der Waals surface area contributed by atoms with E-state index < -0.39 is 108 Å². The zero-order valence-corrected chi connectivity index (χ0v) is 31.8. The summed E-state index contributed by atoms with van der Waals surface area (Å²) in [5.41, 5.74) is 0.943. The molecule has 3 rings (SSSR count). The van der Waals surface area contributed by atoms with Crippen LogP contribution in [0, 0.1) is 29.6 Å². The van der Waals surface area contributed by atoms with Crippen LogP contribution < -0.4 is 5.73 Å². The summed E-state index contributed by atoms with van der Waals surface area (Å²) < 4.78 is 36.8. The molecule has 0 aliphatic carbocycles. The summed E-state index contributed by atoms with van der Waals surface area (Å²) in [6.45, 7) is 16.4. The van der Waals surface area contributed by atoms with Crippen LogP contribution >= 0.6 is 0 Å². The number of ketones is 1. The second-order valence-corrected chi connectivity index (χ2v) is 16.1. The molecule has 0 spiro atoms. The fourth-order valence-electron chi connectivity index (χ4n) is 8.17. The molecule has 0 aromatic carbocycles. The summed E-state index contributed by atoms with van der Waals surface area (Å²) in [5, 5.41) is 57.3. The van der Waals surface area contributed by atoms with Crippen molar-refractivity contribution in [1.82, 2.24) is 0 Å². The molecule has 18 atom stereocenters. The second-order valence-electron chi connectivity index (χ2n) is 16.1. The highest BCUT2D eigenvalue weighted by molar-refractivity contribution is 5.83. The zero-order valence-electron chi connectivity index (χ0n) is 31.8. The van der Waals surface area contributed by atoms with Gasteiger partial charge >= 0.3 is 5.97 Å². The molecule has 0 radical (unpaired) electrons. The van der Waals surface area contributed by atoms with Crippen molar-refractivity contribution < 1.29 is 63.5 Å². The zero-order chi connectivity index (χ0) is 38.1. The molecule has 0 aromatic heterocycles. The fraction of sp³-hybridized carbons (Fsp3) is 0.944. The Kier molecular flexibility index (Phi) is 14.5. The second kappa shape index (κ2) is 16.8. The quantitative estimate of drug-likeness (QED) is 0.205. The first-order valence-corrected chi connectivity index (χ1v) is 18.1. The Balaban J connectivity index is 2.18. The number of ether oxygens (including phenoxy) is 6. The fourth-order valence-corrected chi connectivity index (χ4v) is 8.17. The Morgan fingerprint density at radius 2 is 1.50 bits per heavy atom. The van der Waals surface area contributed by atoms with E-state index in [4.69, 9.17) is 34.2 Å². The van der Waals surface area contributed by atoms with Gasteiger partial charge in [0, 0.05) is 31.3 Å². The molecule has 0 aromatic rings. The predicted octanol–water partition coefficient (Wildman–Crippen LogP) is 1.43. The molecule has 0 bridgehead atoms. The molecule has 7 N–H and O–H groups in total. The van der Waals surface area contributed by atoms with Crippen molar-refractivity contribution >= 4 is 11.8 Å². The van der Waals surface area contributed by atoms with Gasteiger partial charge in [0.25, 0.3) is 0 Å². The maximum absolute atomic E-state index is 14.1. The number of methoxy groups -OCH3 is 1. The molecule has 292 valence electrons. The summed E-state index contributed by atoms with van der Waals surface area (Å²) >= 11 is 0. The van der Waals surface area contributed by atoms with Gasteiger partial charge < -0.3 is 59.7 Å². The van der Waals surface area contributed by atoms with E-state index in [1.165, 1.54) is 27.9 Å². The van der Waals surface area contributed by atoms with Crippen LogP contribution in [0.3, 0.4) is 0 Å². The number of Topliss-reactive ketones (excluding diaryl/α,β-unsaturated/α-hetero) is 1. The van der Waals surface area contributed by atoms with Gasteiger partial charge in [0.15, 0.2) is 12.6 Å². The molecule has 3 saturated heterocycles. The molecule has 14 unspecified atom stereocenters. The molecular weight excluding hydrogens is 654 g/mol. The first-order valence-electron chi connectivity index (χ1n) is 18.1. The van der Waals surface area contributed by atoms with Gasteiger partial charge in [-0.2, -0.15) is 0 Å². The first-order chi connectivity index (χ1) is 23.0. The van der Waals surface area contributed by atoms with Gasteiger partial charge in [-0.25, -0.2) is 0 Å². The van der Waals surface area contributed by atoms with Crippen LogP contribution in [0.1, 0.15) is 94.9 Å². The maximum atomic E-state index is 14.1. The number of esters is 1. The van der Waals surface area contributed by atoms with E-state index in [0.29, 0.717) is 6.42 Å². The van der Waals surface area contributed by atoms with Crippen molar-refractivity contribution in [2.24, 2.45) is 35.3 Å². The molecule has 3 heterocycles. The van der Waals surface area contributed by atoms with E-state index in [2.05, 4.69) is 0 Å². The van der Waals surface area contributed by atoms with Gasteiger partial charge in [-0.3, -0.25) is 9.59 Å². The van der Waals surface area contributed by atoms with Crippen molar-refractivity contribution in [3.63, 3.8) is 0 Å². The Bertz CT molecular complexity index is 1140. The third-order valence-corrected chi connectivity index (χ3v) is 11.5. The lowest BCUT2D eigenvalue weighted by Crippen LogP contribution is -2.60. The predicted molar refractivity (Wildman–Crippen MR) is 181 cm³/mol. The van der Waals surface area contributed by atoms with E-state index >= 15 is 0 Å². The number of aliphatic hydroxyl groups excluding tert-OH is 3. The van der Waals surface area contributed by atoms with Crippen LogP contribution in [-0.4, -0.2) is 129 Å². The summed E-state index contributed by atoms with van der Waals surface area (Å²) in [6.07, 6.45) is -9.84. The summed E-state index contributed by atoms with van der Waals surface area (Å²) in [7, 11) is 1.47. The SMILES string of the molecule is COC1(C)CC(OC2C(C)C(=O)O[C@H](CCN)C(C)(O)C(O)[C@@H](C)C(=O)[C@H](C)CC(C)(O)C(OC3OC(C)CC(C)C3O)[C@H]2C)OC(C)C1O. The number of nitrogens with two attached hydrogens (primary N) is 1. The third-order valence-electron chi connectivity index (χ3n) is 11.5. The smallest absolute Gasteiger partial charge is 0.311 e. The normalized spacial score (nSPS) is 50.4.